The molecule has 0 aliphatic carbocycles. The molecule has 0 radical (unpaired) electrons. The maximum absolute atomic E-state index is 6.45. The fraction of sp³-hybridized carbons (Fsp3) is 0. The summed E-state index contributed by atoms with van der Waals surface area (Å²) in [5.41, 5.74) is 14.2. The van der Waals surface area contributed by atoms with Gasteiger partial charge in [0.2, 0.25) is 5.89 Å². The first-order chi connectivity index (χ1) is 28.2. The van der Waals surface area contributed by atoms with Gasteiger partial charge in [0.1, 0.15) is 16.7 Å². The van der Waals surface area contributed by atoms with Crippen LogP contribution in [0.4, 0.5) is 17.1 Å². The average molecular weight is 731 g/mol. The number of anilines is 3. The van der Waals surface area contributed by atoms with Gasteiger partial charge in [-0.1, -0.05) is 146 Å². The number of nitrogens with zero attached hydrogens (tertiary/aromatic N) is 2. The predicted octanol–water partition coefficient (Wildman–Crippen LogP) is 15.0. The van der Waals surface area contributed by atoms with Crippen molar-refractivity contribution in [2.24, 2.45) is 0 Å². The summed E-state index contributed by atoms with van der Waals surface area (Å²) in [5.74, 6) is 0.597. The Labute approximate surface area is 329 Å². The minimum absolute atomic E-state index is 0.597. The van der Waals surface area contributed by atoms with Crippen LogP contribution in [0, 0.1) is 0 Å². The normalized spacial score (nSPS) is 11.5. The van der Waals surface area contributed by atoms with Gasteiger partial charge in [-0.2, -0.15) is 0 Å². The lowest BCUT2D eigenvalue weighted by Crippen LogP contribution is -2.11. The molecule has 0 bridgehead atoms. The third-order valence-electron chi connectivity index (χ3n) is 10.9. The molecule has 0 amide bonds. The van der Waals surface area contributed by atoms with Crippen LogP contribution < -0.4 is 4.90 Å². The zero-order chi connectivity index (χ0) is 37.7. The van der Waals surface area contributed by atoms with Crippen LogP contribution in [0.2, 0.25) is 0 Å². The highest BCUT2D eigenvalue weighted by Crippen LogP contribution is 2.44. The van der Waals surface area contributed by atoms with E-state index in [2.05, 4.69) is 169 Å². The topological polar surface area (TPSA) is 42.4 Å². The van der Waals surface area contributed by atoms with Crippen molar-refractivity contribution < 1.29 is 8.83 Å². The van der Waals surface area contributed by atoms with Gasteiger partial charge in [0.25, 0.3) is 0 Å². The quantitative estimate of drug-likeness (QED) is 0.164. The van der Waals surface area contributed by atoms with E-state index in [-0.39, 0.29) is 0 Å². The molecule has 0 atom stereocenters. The van der Waals surface area contributed by atoms with Crippen LogP contribution in [-0.2, 0) is 0 Å². The molecule has 9 aromatic carbocycles. The molecule has 0 aliphatic rings. The molecule has 268 valence electrons. The molecular formula is C53H34N2O2. The van der Waals surface area contributed by atoms with Crippen LogP contribution in [0.5, 0.6) is 0 Å². The number of oxazole rings is 1. The van der Waals surface area contributed by atoms with Crippen LogP contribution >= 0.6 is 0 Å². The maximum atomic E-state index is 6.45. The van der Waals surface area contributed by atoms with Crippen molar-refractivity contribution in [2.45, 2.75) is 0 Å². The Balaban J connectivity index is 1.04. The van der Waals surface area contributed by atoms with Gasteiger partial charge in [0.15, 0.2) is 5.58 Å². The number of furan rings is 1. The van der Waals surface area contributed by atoms with Gasteiger partial charge in [0.05, 0.1) is 5.69 Å². The van der Waals surface area contributed by atoms with E-state index in [0.717, 1.165) is 72.4 Å². The Hall–Kier alpha value is -7.69. The predicted molar refractivity (Wildman–Crippen MR) is 235 cm³/mol. The standard InChI is InChI=1S/C53H34N2O2/c1-3-13-35(14-4-1)36-25-29-40(30-26-36)55(48-23-10-9-20-45(48)44-22-11-18-37-15-7-8-19-42(37)44)41-31-27-38(28-32-41)43-21-12-24-49-52(43)46-33-51-47(34-50(46)56-49)54-53(57-51)39-16-5-2-6-17-39/h1-34H. The van der Waals surface area contributed by atoms with Crippen molar-refractivity contribution in [3.63, 3.8) is 0 Å². The smallest absolute Gasteiger partial charge is 0.227 e. The van der Waals surface area contributed by atoms with E-state index >= 15 is 0 Å². The summed E-state index contributed by atoms with van der Waals surface area (Å²) >= 11 is 0. The summed E-state index contributed by atoms with van der Waals surface area (Å²) in [4.78, 5) is 7.16. The molecule has 4 nitrogen and oxygen atoms in total. The first kappa shape index (κ1) is 32.7. The number of para-hydroxylation sites is 1. The van der Waals surface area contributed by atoms with Gasteiger partial charge in [0, 0.05) is 39.3 Å². The molecule has 2 aromatic heterocycles. The Bertz CT molecular complexity index is 3210. The maximum Gasteiger partial charge on any atom is 0.227 e. The van der Waals surface area contributed by atoms with Crippen molar-refractivity contribution in [3.05, 3.63) is 206 Å². The first-order valence-electron chi connectivity index (χ1n) is 19.2. The third kappa shape index (κ3) is 5.74. The Kier molecular flexibility index (Phi) is 7.78. The van der Waals surface area contributed by atoms with Crippen molar-refractivity contribution >= 4 is 60.9 Å². The third-order valence-corrected chi connectivity index (χ3v) is 10.9. The number of hydrogen-bond donors (Lipinski definition) is 0. The van der Waals surface area contributed by atoms with Gasteiger partial charge in [-0.15, -0.1) is 0 Å². The minimum Gasteiger partial charge on any atom is -0.456 e. The Morgan fingerprint density at radius 1 is 0.368 bits per heavy atom. The molecule has 0 spiro atoms. The molecule has 0 saturated carbocycles. The summed E-state index contributed by atoms with van der Waals surface area (Å²) < 4.78 is 12.7. The first-order valence-corrected chi connectivity index (χ1v) is 19.2. The zero-order valence-electron chi connectivity index (χ0n) is 30.8. The number of rotatable bonds is 7. The molecule has 11 rings (SSSR count). The fourth-order valence-corrected chi connectivity index (χ4v) is 8.20. The van der Waals surface area contributed by atoms with Crippen LogP contribution in [0.25, 0.3) is 88.6 Å². The van der Waals surface area contributed by atoms with Gasteiger partial charge < -0.3 is 13.7 Å². The second-order valence-electron chi connectivity index (χ2n) is 14.3. The number of hydrogen-bond acceptors (Lipinski definition) is 4. The summed E-state index contributed by atoms with van der Waals surface area (Å²) in [7, 11) is 0. The largest absolute Gasteiger partial charge is 0.456 e. The Morgan fingerprint density at radius 2 is 0.965 bits per heavy atom. The zero-order valence-corrected chi connectivity index (χ0v) is 30.8. The second kappa shape index (κ2) is 13.6. The summed E-state index contributed by atoms with van der Waals surface area (Å²) in [5, 5.41) is 4.49. The van der Waals surface area contributed by atoms with E-state index < -0.39 is 0 Å². The van der Waals surface area contributed by atoms with Gasteiger partial charge in [-0.05, 0) is 93.2 Å². The summed E-state index contributed by atoms with van der Waals surface area (Å²) in [6, 6.07) is 72.5. The monoisotopic (exact) mass is 730 g/mol. The SMILES string of the molecule is c1ccc(-c2ccc(N(c3ccc(-c4cccc5oc6cc7nc(-c8ccccc8)oc7cc6c45)cc3)c3ccccc3-c3cccc4ccccc34)cc2)cc1. The van der Waals surface area contributed by atoms with E-state index in [1.807, 2.05) is 42.5 Å². The number of benzene rings is 9. The lowest BCUT2D eigenvalue weighted by atomic mass is 9.95. The molecule has 0 N–H and O–H groups in total. The van der Waals surface area contributed by atoms with E-state index in [1.54, 1.807) is 0 Å². The molecule has 11 aromatic rings. The van der Waals surface area contributed by atoms with E-state index in [9.17, 15) is 0 Å². The molecule has 4 heteroatoms. The number of aromatic nitrogens is 1. The number of fused-ring (bicyclic) bond motifs is 5. The molecule has 0 aliphatic heterocycles. The fourth-order valence-electron chi connectivity index (χ4n) is 8.20. The molecule has 57 heavy (non-hydrogen) atoms. The van der Waals surface area contributed by atoms with Crippen molar-refractivity contribution in [1.29, 1.82) is 0 Å². The highest BCUT2D eigenvalue weighted by atomic mass is 16.4. The Morgan fingerprint density at radius 3 is 1.75 bits per heavy atom. The van der Waals surface area contributed by atoms with E-state index in [4.69, 9.17) is 13.8 Å². The minimum atomic E-state index is 0.597. The summed E-state index contributed by atoms with van der Waals surface area (Å²) in [6.45, 7) is 0. The van der Waals surface area contributed by atoms with Crippen molar-refractivity contribution in [1.82, 2.24) is 4.98 Å². The van der Waals surface area contributed by atoms with Crippen LogP contribution in [0.3, 0.4) is 0 Å². The summed E-state index contributed by atoms with van der Waals surface area (Å²) in [6.07, 6.45) is 0. The average Bonchev–Trinajstić information content (AvgIpc) is 3.87. The lowest BCUT2D eigenvalue weighted by molar-refractivity contribution is 0.620. The molecule has 0 saturated heterocycles. The van der Waals surface area contributed by atoms with Crippen molar-refractivity contribution in [3.8, 4) is 44.8 Å². The highest BCUT2D eigenvalue weighted by molar-refractivity contribution is 6.15. The van der Waals surface area contributed by atoms with Gasteiger partial charge >= 0.3 is 0 Å². The molecular weight excluding hydrogens is 697 g/mol. The van der Waals surface area contributed by atoms with Crippen LogP contribution in [0.15, 0.2) is 215 Å². The van der Waals surface area contributed by atoms with Crippen molar-refractivity contribution in [2.75, 3.05) is 4.90 Å². The molecule has 2 heterocycles. The highest BCUT2D eigenvalue weighted by Gasteiger charge is 2.20. The van der Waals surface area contributed by atoms with Crippen LogP contribution in [0.1, 0.15) is 0 Å². The molecule has 0 fully saturated rings. The van der Waals surface area contributed by atoms with Gasteiger partial charge in [-0.25, -0.2) is 4.98 Å². The van der Waals surface area contributed by atoms with Crippen LogP contribution in [-0.4, -0.2) is 4.98 Å². The van der Waals surface area contributed by atoms with E-state index in [0.29, 0.717) is 5.89 Å². The second-order valence-corrected chi connectivity index (χ2v) is 14.3. The van der Waals surface area contributed by atoms with Gasteiger partial charge in [-0.3, -0.25) is 0 Å². The lowest BCUT2D eigenvalue weighted by Gasteiger charge is -2.28. The molecule has 0 unspecified atom stereocenters. The van der Waals surface area contributed by atoms with E-state index in [1.165, 1.54) is 27.5 Å².